The highest BCUT2D eigenvalue weighted by Crippen LogP contribution is 2.35. The molecule has 7 nitrogen and oxygen atoms in total. The van der Waals surface area contributed by atoms with Gasteiger partial charge in [0.2, 0.25) is 0 Å². The number of hydrogen-bond acceptors (Lipinski definition) is 5. The first-order valence-electron chi connectivity index (χ1n) is 14.5. The fourth-order valence-electron chi connectivity index (χ4n) is 5.54. The SMILES string of the molecule is O=C(C1=CCC=C(OCCc2ccccc2)C=C1)N(C1CC1)C1CCc2nn(C(=O)OCc3ccccc3)cc2C1. The molecule has 3 aliphatic rings. The monoisotopic (exact) mass is 549 g/mol. The van der Waals surface area contributed by atoms with Crippen molar-refractivity contribution < 1.29 is 19.1 Å². The Bertz CT molecular complexity index is 1470. The van der Waals surface area contributed by atoms with Crippen molar-refractivity contribution in [3.05, 3.63) is 125 Å². The van der Waals surface area contributed by atoms with E-state index in [0.717, 1.165) is 54.7 Å². The number of carbonyl (C=O) groups is 2. The van der Waals surface area contributed by atoms with E-state index in [4.69, 9.17) is 9.47 Å². The van der Waals surface area contributed by atoms with Gasteiger partial charge in [0, 0.05) is 30.3 Å². The number of benzene rings is 2. The lowest BCUT2D eigenvalue weighted by atomic mass is 9.91. The molecule has 41 heavy (non-hydrogen) atoms. The molecule has 7 heteroatoms. The van der Waals surface area contributed by atoms with Crippen LogP contribution in [0, 0.1) is 0 Å². The standard InChI is InChI=1S/C34H35N3O4/c38-33(27-12-7-13-31(18-14-27)40-21-20-25-8-3-1-4-9-25)37(29-15-16-29)30-17-19-32-28(22-30)23-36(35-32)34(39)41-24-26-10-5-2-6-11-26/h1-6,8-14,18,23,29-30H,7,15-17,19-22,24H2. The van der Waals surface area contributed by atoms with Crippen LogP contribution in [0.2, 0.25) is 0 Å². The minimum absolute atomic E-state index is 0.0748. The van der Waals surface area contributed by atoms with Crippen LogP contribution in [0.3, 0.4) is 0 Å². The number of amides is 1. The Morgan fingerprint density at radius 2 is 1.66 bits per heavy atom. The van der Waals surface area contributed by atoms with E-state index in [9.17, 15) is 9.59 Å². The number of nitrogens with zero attached hydrogens (tertiary/aromatic N) is 3. The lowest BCUT2D eigenvalue weighted by Crippen LogP contribution is -2.45. The predicted octanol–water partition coefficient (Wildman–Crippen LogP) is 5.95. The summed E-state index contributed by atoms with van der Waals surface area (Å²) in [5, 5.41) is 4.51. The van der Waals surface area contributed by atoms with Crippen molar-refractivity contribution in [1.29, 1.82) is 0 Å². The minimum atomic E-state index is -0.488. The average molecular weight is 550 g/mol. The zero-order chi connectivity index (χ0) is 28.0. The first-order valence-corrected chi connectivity index (χ1v) is 14.5. The van der Waals surface area contributed by atoms with Crippen molar-refractivity contribution in [3.8, 4) is 0 Å². The number of aromatic nitrogens is 2. The Morgan fingerprint density at radius 1 is 0.902 bits per heavy atom. The van der Waals surface area contributed by atoms with Crippen molar-refractivity contribution in [2.75, 3.05) is 6.61 Å². The molecule has 1 unspecified atom stereocenters. The molecule has 0 N–H and O–H groups in total. The molecule has 0 radical (unpaired) electrons. The van der Waals surface area contributed by atoms with Gasteiger partial charge in [0.05, 0.1) is 12.3 Å². The summed E-state index contributed by atoms with van der Waals surface area (Å²) in [5.74, 6) is 0.873. The molecule has 1 heterocycles. The van der Waals surface area contributed by atoms with Crippen LogP contribution in [0.5, 0.6) is 0 Å². The first kappa shape index (κ1) is 26.8. The molecule has 0 bridgehead atoms. The molecule has 2 aromatic carbocycles. The molecule has 210 valence electrons. The predicted molar refractivity (Wildman–Crippen MR) is 156 cm³/mol. The summed E-state index contributed by atoms with van der Waals surface area (Å²) < 4.78 is 12.8. The summed E-state index contributed by atoms with van der Waals surface area (Å²) in [6.45, 7) is 0.795. The molecule has 3 aromatic rings. The Hall–Kier alpha value is -4.39. The number of rotatable bonds is 9. The van der Waals surface area contributed by atoms with Gasteiger partial charge in [-0.15, -0.1) is 0 Å². The van der Waals surface area contributed by atoms with Gasteiger partial charge in [-0.05, 0) is 73.4 Å². The van der Waals surface area contributed by atoms with Crippen molar-refractivity contribution in [2.24, 2.45) is 0 Å². The van der Waals surface area contributed by atoms with Crippen LogP contribution in [-0.4, -0.2) is 45.4 Å². The quantitative estimate of drug-likeness (QED) is 0.330. The van der Waals surface area contributed by atoms with E-state index < -0.39 is 6.09 Å². The number of hydrogen-bond donors (Lipinski definition) is 0. The van der Waals surface area contributed by atoms with Gasteiger partial charge in [0.15, 0.2) is 0 Å². The van der Waals surface area contributed by atoms with Crippen molar-refractivity contribution in [2.45, 2.75) is 63.6 Å². The summed E-state index contributed by atoms with van der Waals surface area (Å²) in [7, 11) is 0. The van der Waals surface area contributed by atoms with Gasteiger partial charge in [0.1, 0.15) is 12.4 Å². The van der Waals surface area contributed by atoms with Crippen LogP contribution in [0.1, 0.15) is 48.1 Å². The molecular weight excluding hydrogens is 514 g/mol. The van der Waals surface area contributed by atoms with Crippen LogP contribution in [0.25, 0.3) is 0 Å². The Morgan fingerprint density at radius 3 is 2.41 bits per heavy atom. The van der Waals surface area contributed by atoms with Gasteiger partial charge < -0.3 is 14.4 Å². The number of carbonyl (C=O) groups excluding carboxylic acids is 2. The molecule has 1 atom stereocenters. The molecule has 3 aliphatic carbocycles. The van der Waals surface area contributed by atoms with Crippen LogP contribution in [0.15, 0.2) is 102 Å². The molecule has 1 amide bonds. The van der Waals surface area contributed by atoms with E-state index in [2.05, 4.69) is 22.1 Å². The Labute approximate surface area is 240 Å². The average Bonchev–Trinajstić information content (AvgIpc) is 3.79. The molecule has 0 spiro atoms. The van der Waals surface area contributed by atoms with Crippen LogP contribution in [-0.2, 0) is 40.1 Å². The third-order valence-corrected chi connectivity index (χ3v) is 7.84. The zero-order valence-electron chi connectivity index (χ0n) is 23.2. The highest BCUT2D eigenvalue weighted by Gasteiger charge is 2.40. The maximum Gasteiger partial charge on any atom is 0.435 e. The number of aryl methyl sites for hydroxylation is 1. The lowest BCUT2D eigenvalue weighted by Gasteiger charge is -2.34. The first-order chi connectivity index (χ1) is 20.1. The van der Waals surface area contributed by atoms with Crippen LogP contribution in [0.4, 0.5) is 4.79 Å². The van der Waals surface area contributed by atoms with Gasteiger partial charge in [-0.1, -0.05) is 66.7 Å². The smallest absolute Gasteiger partial charge is 0.435 e. The molecule has 1 fully saturated rings. The van der Waals surface area contributed by atoms with E-state index in [1.807, 2.05) is 72.8 Å². The van der Waals surface area contributed by atoms with Crippen molar-refractivity contribution >= 4 is 12.0 Å². The second kappa shape index (κ2) is 12.4. The normalized spacial score (nSPS) is 18.0. The summed E-state index contributed by atoms with van der Waals surface area (Å²) in [5.41, 5.74) is 4.80. The zero-order valence-corrected chi connectivity index (χ0v) is 23.2. The summed E-state index contributed by atoms with van der Waals surface area (Å²) in [4.78, 5) is 28.6. The Kier molecular flexibility index (Phi) is 8.12. The van der Waals surface area contributed by atoms with Gasteiger partial charge >= 0.3 is 6.09 Å². The van der Waals surface area contributed by atoms with Gasteiger partial charge in [-0.3, -0.25) is 4.79 Å². The minimum Gasteiger partial charge on any atom is -0.494 e. The number of allylic oxidation sites excluding steroid dienone is 3. The third kappa shape index (κ3) is 6.68. The topological polar surface area (TPSA) is 73.7 Å². The fourth-order valence-corrected chi connectivity index (χ4v) is 5.54. The van der Waals surface area contributed by atoms with E-state index in [-0.39, 0.29) is 24.6 Å². The molecule has 0 aliphatic heterocycles. The second-order valence-electron chi connectivity index (χ2n) is 10.8. The largest absolute Gasteiger partial charge is 0.494 e. The molecule has 1 saturated carbocycles. The number of ether oxygens (including phenoxy) is 2. The summed E-state index contributed by atoms with van der Waals surface area (Å²) in [6.07, 6.45) is 14.9. The molecule has 1 aromatic heterocycles. The molecule has 6 rings (SSSR count). The number of fused-ring (bicyclic) bond motifs is 1. The van der Waals surface area contributed by atoms with Crippen molar-refractivity contribution in [3.63, 3.8) is 0 Å². The van der Waals surface area contributed by atoms with E-state index in [0.29, 0.717) is 25.0 Å². The molecular formula is C34H35N3O4. The fraction of sp³-hybridized carbons (Fsp3) is 0.324. The lowest BCUT2D eigenvalue weighted by molar-refractivity contribution is -0.130. The summed E-state index contributed by atoms with van der Waals surface area (Å²) >= 11 is 0. The highest BCUT2D eigenvalue weighted by molar-refractivity contribution is 5.97. The maximum atomic E-state index is 13.8. The van der Waals surface area contributed by atoms with Crippen LogP contribution >= 0.6 is 0 Å². The van der Waals surface area contributed by atoms with E-state index in [1.54, 1.807) is 6.20 Å². The van der Waals surface area contributed by atoms with Crippen LogP contribution < -0.4 is 0 Å². The van der Waals surface area contributed by atoms with E-state index in [1.165, 1.54) is 10.2 Å². The second-order valence-corrected chi connectivity index (χ2v) is 10.8. The highest BCUT2D eigenvalue weighted by atomic mass is 16.6. The molecule has 0 saturated heterocycles. The van der Waals surface area contributed by atoms with Gasteiger partial charge in [-0.25, -0.2) is 4.79 Å². The van der Waals surface area contributed by atoms with Gasteiger partial charge in [0.25, 0.3) is 5.91 Å². The summed E-state index contributed by atoms with van der Waals surface area (Å²) in [6, 6.07) is 20.2. The third-order valence-electron chi connectivity index (χ3n) is 7.84. The van der Waals surface area contributed by atoms with Gasteiger partial charge in [-0.2, -0.15) is 9.78 Å². The maximum absolute atomic E-state index is 13.8. The van der Waals surface area contributed by atoms with E-state index >= 15 is 0 Å². The Balaban J connectivity index is 1.06. The van der Waals surface area contributed by atoms with Crippen molar-refractivity contribution in [1.82, 2.24) is 14.7 Å².